The minimum Gasteiger partial charge on any atom is -0.442 e. The number of likely N-dealkylation sites (tertiary alicyclic amines) is 2. The minimum atomic E-state index is -0.613. The number of hydrogen-bond donors (Lipinski definition) is 0. The Labute approximate surface area is 325 Å². The molecule has 11 nitrogen and oxygen atoms in total. The molecule has 7 rings (SSSR count). The highest BCUT2D eigenvalue weighted by atomic mass is 16.5. The Kier molecular flexibility index (Phi) is 11.6. The summed E-state index contributed by atoms with van der Waals surface area (Å²) in [6, 6.07) is 12.8. The number of carbonyl (C=O) groups is 4. The molecule has 2 amide bonds. The average Bonchev–Trinajstić information content (AvgIpc) is 3.59. The minimum absolute atomic E-state index is 0.00217. The van der Waals surface area contributed by atoms with Gasteiger partial charge in [0, 0.05) is 63.5 Å². The van der Waals surface area contributed by atoms with Crippen molar-refractivity contribution in [3.63, 3.8) is 0 Å². The molecule has 294 valence electrons. The third-order valence-electron chi connectivity index (χ3n) is 12.3. The van der Waals surface area contributed by atoms with Crippen LogP contribution in [0.5, 0.6) is 0 Å². The van der Waals surface area contributed by atoms with Crippen LogP contribution in [0.4, 0.5) is 0 Å². The van der Waals surface area contributed by atoms with Crippen molar-refractivity contribution in [3.8, 4) is 0 Å². The number of amides is 2. The maximum atomic E-state index is 14.4. The van der Waals surface area contributed by atoms with E-state index in [0.717, 1.165) is 90.6 Å². The fourth-order valence-electron chi connectivity index (χ4n) is 9.02. The Morgan fingerprint density at radius 3 is 2.33 bits per heavy atom. The zero-order chi connectivity index (χ0) is 38.9. The number of esters is 1. The highest BCUT2D eigenvalue weighted by molar-refractivity contribution is 6.04. The summed E-state index contributed by atoms with van der Waals surface area (Å²) in [6.45, 7) is 13.9. The number of allylic oxidation sites excluding steroid dienone is 1. The van der Waals surface area contributed by atoms with Gasteiger partial charge in [0.15, 0.2) is 12.5 Å². The van der Waals surface area contributed by atoms with Crippen molar-refractivity contribution in [3.05, 3.63) is 70.4 Å². The Hall–Kier alpha value is -4.35. The summed E-state index contributed by atoms with van der Waals surface area (Å²) in [5, 5.41) is 5.43. The molecule has 3 aromatic rings. The van der Waals surface area contributed by atoms with Crippen LogP contribution in [-0.4, -0.2) is 118 Å². The first-order valence-electron chi connectivity index (χ1n) is 20.3. The van der Waals surface area contributed by atoms with Crippen molar-refractivity contribution in [2.75, 3.05) is 59.4 Å². The number of ether oxygens (including phenoxy) is 1. The van der Waals surface area contributed by atoms with Crippen LogP contribution in [0.3, 0.4) is 0 Å². The van der Waals surface area contributed by atoms with Crippen LogP contribution in [0.15, 0.2) is 48.2 Å². The topological polar surface area (TPSA) is 108 Å². The molecule has 1 atom stereocenters. The molecule has 3 aliphatic heterocycles. The average molecular weight is 751 g/mol. The summed E-state index contributed by atoms with van der Waals surface area (Å²) in [6.07, 6.45) is 8.67. The summed E-state index contributed by atoms with van der Waals surface area (Å²) in [5.41, 5.74) is 5.30. The van der Waals surface area contributed by atoms with E-state index in [4.69, 9.17) is 4.74 Å². The maximum Gasteiger partial charge on any atom is 0.313 e. The van der Waals surface area contributed by atoms with Crippen molar-refractivity contribution in [1.29, 1.82) is 0 Å². The molecular weight excluding hydrogens is 693 g/mol. The van der Waals surface area contributed by atoms with E-state index in [1.54, 1.807) is 10.9 Å². The van der Waals surface area contributed by atoms with E-state index in [1.165, 1.54) is 0 Å². The van der Waals surface area contributed by atoms with E-state index in [9.17, 15) is 19.2 Å². The summed E-state index contributed by atoms with van der Waals surface area (Å²) < 4.78 is 7.27. The third-order valence-corrected chi connectivity index (χ3v) is 12.3. The van der Waals surface area contributed by atoms with Crippen LogP contribution in [-0.2, 0) is 43.5 Å². The SMILES string of the molecule is Cc1cc(C[C@@H](CC(=O)N2CCC(C3=Cc4ccccc4CC3=O)CC2)C(=O)N2CCN(C3CCN(C)CC3)CC2)cc2cnn(COC(=O)C(C)(C)C)c12. The van der Waals surface area contributed by atoms with Crippen LogP contribution in [0, 0.1) is 24.2 Å². The molecule has 2 aromatic carbocycles. The van der Waals surface area contributed by atoms with Gasteiger partial charge in [0.25, 0.3) is 0 Å². The first kappa shape index (κ1) is 38.9. The number of ketones is 1. The molecule has 3 saturated heterocycles. The zero-order valence-electron chi connectivity index (χ0n) is 33.4. The second kappa shape index (κ2) is 16.4. The first-order valence-corrected chi connectivity index (χ1v) is 20.3. The molecule has 0 spiro atoms. The van der Waals surface area contributed by atoms with E-state index in [-0.39, 0.29) is 42.6 Å². The lowest BCUT2D eigenvalue weighted by Gasteiger charge is -2.43. The molecule has 55 heavy (non-hydrogen) atoms. The first-order chi connectivity index (χ1) is 26.3. The predicted octanol–water partition coefficient (Wildman–Crippen LogP) is 5.13. The number of benzene rings is 2. The van der Waals surface area contributed by atoms with Gasteiger partial charge in [0.05, 0.1) is 23.0 Å². The van der Waals surface area contributed by atoms with Gasteiger partial charge in [0.2, 0.25) is 11.8 Å². The number of aryl methyl sites for hydroxylation is 1. The Bertz CT molecular complexity index is 1940. The highest BCUT2D eigenvalue weighted by Crippen LogP contribution is 2.33. The zero-order valence-corrected chi connectivity index (χ0v) is 33.4. The molecule has 0 bridgehead atoms. The quantitative estimate of drug-likeness (QED) is 0.278. The lowest BCUT2D eigenvalue weighted by atomic mass is 9.80. The number of rotatable bonds is 9. The van der Waals surface area contributed by atoms with E-state index in [0.29, 0.717) is 45.1 Å². The van der Waals surface area contributed by atoms with E-state index < -0.39 is 11.3 Å². The molecule has 1 aromatic heterocycles. The fraction of sp³-hybridized carbons (Fsp3) is 0.568. The van der Waals surface area contributed by atoms with Crippen LogP contribution in [0.1, 0.15) is 75.1 Å². The Balaban J connectivity index is 1.04. The third kappa shape index (κ3) is 8.88. The summed E-state index contributed by atoms with van der Waals surface area (Å²) in [5.74, 6) is -0.422. The Morgan fingerprint density at radius 2 is 1.62 bits per heavy atom. The number of hydrogen-bond acceptors (Lipinski definition) is 8. The molecule has 11 heteroatoms. The molecule has 3 fully saturated rings. The van der Waals surface area contributed by atoms with E-state index in [1.807, 2.05) is 55.7 Å². The van der Waals surface area contributed by atoms with Crippen molar-refractivity contribution in [1.82, 2.24) is 29.4 Å². The van der Waals surface area contributed by atoms with Crippen LogP contribution in [0.2, 0.25) is 0 Å². The number of aromatic nitrogens is 2. The number of nitrogens with zero attached hydrogens (tertiary/aromatic N) is 6. The van der Waals surface area contributed by atoms with Gasteiger partial charge >= 0.3 is 5.97 Å². The van der Waals surface area contributed by atoms with Gasteiger partial charge in [-0.15, -0.1) is 0 Å². The van der Waals surface area contributed by atoms with E-state index >= 15 is 0 Å². The number of carbonyl (C=O) groups excluding carboxylic acids is 4. The Morgan fingerprint density at radius 1 is 0.909 bits per heavy atom. The number of fused-ring (bicyclic) bond motifs is 2. The molecular formula is C44H58N6O5. The number of piperazine rings is 1. The molecule has 0 radical (unpaired) electrons. The smallest absolute Gasteiger partial charge is 0.313 e. The van der Waals surface area contributed by atoms with Gasteiger partial charge in [-0.25, -0.2) is 4.68 Å². The summed E-state index contributed by atoms with van der Waals surface area (Å²) in [7, 11) is 2.18. The second-order valence-electron chi connectivity index (χ2n) is 17.4. The monoisotopic (exact) mass is 750 g/mol. The molecule has 4 aliphatic rings. The standard InChI is InChI=1S/C44H58N6O5/c1-30-22-31(24-36-28-45-50(41(30)36)29-55-43(54)44(2,3)4)23-35(42(53)49-20-18-47(19-21-49)37-12-14-46(5)15-13-37)27-40(52)48-16-10-32(11-17-48)38-25-33-8-6-7-9-34(33)26-39(38)51/h6-9,22,24-25,28,32,35,37H,10-21,23,26-27,29H2,1-5H3/t35-/m0/s1. The van der Waals surface area contributed by atoms with E-state index in [2.05, 4.69) is 46.2 Å². The molecule has 0 saturated carbocycles. The van der Waals surface area contributed by atoms with Gasteiger partial charge in [-0.1, -0.05) is 30.3 Å². The van der Waals surface area contributed by atoms with Gasteiger partial charge < -0.3 is 19.4 Å². The number of piperidine rings is 2. The van der Waals surface area contributed by atoms with Gasteiger partial charge in [-0.05, 0) is 126 Å². The van der Waals surface area contributed by atoms with Crippen molar-refractivity contribution < 1.29 is 23.9 Å². The normalized spacial score (nSPS) is 20.0. The maximum absolute atomic E-state index is 14.4. The summed E-state index contributed by atoms with van der Waals surface area (Å²) >= 11 is 0. The van der Waals surface area contributed by atoms with Crippen molar-refractivity contribution in [2.24, 2.45) is 17.3 Å². The molecule has 0 N–H and O–H groups in total. The second-order valence-corrected chi connectivity index (χ2v) is 17.4. The van der Waals surface area contributed by atoms with Gasteiger partial charge in [-0.3, -0.25) is 24.1 Å². The van der Waals surface area contributed by atoms with Crippen LogP contribution in [0.25, 0.3) is 17.0 Å². The lowest BCUT2D eigenvalue weighted by molar-refractivity contribution is -0.157. The van der Waals surface area contributed by atoms with Crippen molar-refractivity contribution in [2.45, 2.75) is 85.4 Å². The largest absolute Gasteiger partial charge is 0.442 e. The molecule has 4 heterocycles. The van der Waals surface area contributed by atoms with Crippen molar-refractivity contribution >= 4 is 40.5 Å². The fourth-order valence-corrected chi connectivity index (χ4v) is 9.02. The number of Topliss-reactive ketones (excluding diaryl/α,β-unsaturated/α-hetero) is 1. The lowest BCUT2D eigenvalue weighted by Crippen LogP contribution is -2.55. The predicted molar refractivity (Wildman–Crippen MR) is 213 cm³/mol. The summed E-state index contributed by atoms with van der Waals surface area (Å²) in [4.78, 5) is 62.9. The molecule has 1 aliphatic carbocycles. The highest BCUT2D eigenvalue weighted by Gasteiger charge is 2.35. The molecule has 0 unspecified atom stereocenters. The van der Waals surface area contributed by atoms with Gasteiger partial charge in [-0.2, -0.15) is 5.10 Å². The van der Waals surface area contributed by atoms with Crippen LogP contribution >= 0.6 is 0 Å². The van der Waals surface area contributed by atoms with Crippen LogP contribution < -0.4 is 0 Å². The van der Waals surface area contributed by atoms with Gasteiger partial charge in [0.1, 0.15) is 0 Å².